The van der Waals surface area contributed by atoms with Crippen LogP contribution in [0.1, 0.15) is 39.5 Å². The van der Waals surface area contributed by atoms with Crippen LogP contribution in [0.3, 0.4) is 0 Å². The van der Waals surface area contributed by atoms with Gasteiger partial charge >= 0.3 is 11.9 Å². The van der Waals surface area contributed by atoms with Gasteiger partial charge in [-0.2, -0.15) is 0 Å². The van der Waals surface area contributed by atoms with Crippen molar-refractivity contribution in [1.29, 1.82) is 0 Å². The van der Waals surface area contributed by atoms with Gasteiger partial charge < -0.3 is 9.47 Å². The van der Waals surface area contributed by atoms with E-state index in [1.54, 1.807) is 19.1 Å². The Balaban J connectivity index is 1.92. The van der Waals surface area contributed by atoms with Gasteiger partial charge in [-0.25, -0.2) is 14.5 Å². The van der Waals surface area contributed by atoms with Gasteiger partial charge in [0.2, 0.25) is 0 Å². The molecule has 0 aromatic rings. The van der Waals surface area contributed by atoms with Crippen LogP contribution in [0.25, 0.3) is 0 Å². The van der Waals surface area contributed by atoms with Gasteiger partial charge in [0.25, 0.3) is 0 Å². The van der Waals surface area contributed by atoms with Gasteiger partial charge in [0.15, 0.2) is 0 Å². The van der Waals surface area contributed by atoms with E-state index in [0.717, 1.165) is 5.57 Å². The van der Waals surface area contributed by atoms with Crippen LogP contribution in [0.5, 0.6) is 0 Å². The van der Waals surface area contributed by atoms with Crippen molar-refractivity contribution in [2.24, 2.45) is 5.92 Å². The SMILES string of the molecule is C=C1C(=O)O[C@H]2/C=C(\C)C[C@@H]3C=C(C/C=C/[C@@](C)(OO)CC[C@H]12)C(=O)O3. The minimum Gasteiger partial charge on any atom is -0.454 e. The van der Waals surface area contributed by atoms with Crippen LogP contribution in [-0.2, 0) is 24.0 Å². The molecular formula is C20H24O6. The summed E-state index contributed by atoms with van der Waals surface area (Å²) in [6.45, 7) is 7.54. The molecule has 6 heteroatoms. The van der Waals surface area contributed by atoms with E-state index in [0.29, 0.717) is 36.8 Å². The van der Waals surface area contributed by atoms with Crippen molar-refractivity contribution in [1.82, 2.24) is 0 Å². The van der Waals surface area contributed by atoms with Gasteiger partial charge in [-0.3, -0.25) is 5.26 Å². The molecular weight excluding hydrogens is 336 g/mol. The first-order valence-electron chi connectivity index (χ1n) is 8.80. The Morgan fingerprint density at radius 2 is 2.04 bits per heavy atom. The molecule has 0 amide bonds. The third-order valence-corrected chi connectivity index (χ3v) is 5.20. The van der Waals surface area contributed by atoms with E-state index in [2.05, 4.69) is 11.5 Å². The Hall–Kier alpha value is -2.18. The van der Waals surface area contributed by atoms with Gasteiger partial charge in [0.1, 0.15) is 17.8 Å². The van der Waals surface area contributed by atoms with Crippen LogP contribution in [0.4, 0.5) is 0 Å². The second-order valence-corrected chi connectivity index (χ2v) is 7.40. The predicted octanol–water partition coefficient (Wildman–Crippen LogP) is 3.26. The van der Waals surface area contributed by atoms with Gasteiger partial charge in [-0.1, -0.05) is 24.3 Å². The third kappa shape index (κ3) is 3.81. The second kappa shape index (κ2) is 7.21. The molecule has 0 aromatic carbocycles. The number of rotatable bonds is 1. The minimum absolute atomic E-state index is 0.180. The molecule has 140 valence electrons. The highest BCUT2D eigenvalue weighted by molar-refractivity contribution is 5.91. The van der Waals surface area contributed by atoms with E-state index in [9.17, 15) is 14.8 Å². The molecule has 3 rings (SSSR count). The predicted molar refractivity (Wildman–Crippen MR) is 94.0 cm³/mol. The van der Waals surface area contributed by atoms with Crippen molar-refractivity contribution in [3.8, 4) is 0 Å². The number of fused-ring (bicyclic) bond motifs is 2. The smallest absolute Gasteiger partial charge is 0.334 e. The summed E-state index contributed by atoms with van der Waals surface area (Å²) >= 11 is 0. The highest BCUT2D eigenvalue weighted by atomic mass is 17.1. The maximum absolute atomic E-state index is 12.0. The van der Waals surface area contributed by atoms with Crippen LogP contribution in [0, 0.1) is 5.92 Å². The molecule has 2 heterocycles. The Morgan fingerprint density at radius 1 is 1.27 bits per heavy atom. The molecule has 3 aliphatic rings. The largest absolute Gasteiger partial charge is 0.454 e. The van der Waals surface area contributed by atoms with Crippen molar-refractivity contribution >= 4 is 11.9 Å². The van der Waals surface area contributed by atoms with Gasteiger partial charge in [-0.05, 0) is 45.3 Å². The Labute approximate surface area is 152 Å². The summed E-state index contributed by atoms with van der Waals surface area (Å²) in [6, 6.07) is 0. The molecule has 4 atom stereocenters. The second-order valence-electron chi connectivity index (χ2n) is 7.40. The third-order valence-electron chi connectivity index (χ3n) is 5.20. The molecule has 6 nitrogen and oxygen atoms in total. The number of ether oxygens (including phenoxy) is 2. The Morgan fingerprint density at radius 3 is 2.77 bits per heavy atom. The number of hydrogen-bond donors (Lipinski definition) is 1. The Bertz CT molecular complexity index is 716. The van der Waals surface area contributed by atoms with Crippen molar-refractivity contribution < 1.29 is 29.2 Å². The summed E-state index contributed by atoms with van der Waals surface area (Å²) in [4.78, 5) is 28.6. The zero-order valence-electron chi connectivity index (χ0n) is 15.1. The van der Waals surface area contributed by atoms with Crippen molar-refractivity contribution in [3.05, 3.63) is 47.6 Å². The fraction of sp³-hybridized carbons (Fsp3) is 0.500. The van der Waals surface area contributed by atoms with Crippen LogP contribution >= 0.6 is 0 Å². The zero-order valence-corrected chi connectivity index (χ0v) is 15.1. The summed E-state index contributed by atoms with van der Waals surface area (Å²) in [5.41, 5.74) is 1.08. The van der Waals surface area contributed by atoms with Crippen LogP contribution < -0.4 is 0 Å². The lowest BCUT2D eigenvalue weighted by Gasteiger charge is -2.25. The van der Waals surface area contributed by atoms with Gasteiger partial charge in [0, 0.05) is 23.5 Å². The maximum Gasteiger partial charge on any atom is 0.334 e. The standard InChI is InChI=1S/C20H24O6/c1-12-9-15-11-14(19(22)24-15)5-4-7-20(3,26-23)8-6-16-13(2)18(21)25-17(16)10-12/h4,7,10-11,15-17,23H,2,5-6,8-9H2,1,3H3/b7-4+,12-10+/t15-,16-,17+,20-/m1/s1. The maximum atomic E-state index is 12.0. The summed E-state index contributed by atoms with van der Waals surface area (Å²) in [5, 5.41) is 9.35. The van der Waals surface area contributed by atoms with Crippen molar-refractivity contribution in [2.75, 3.05) is 0 Å². The molecule has 0 spiro atoms. The minimum atomic E-state index is -0.929. The molecule has 2 bridgehead atoms. The molecule has 1 aliphatic carbocycles. The van der Waals surface area contributed by atoms with Gasteiger partial charge in [-0.15, -0.1) is 0 Å². The first-order chi connectivity index (χ1) is 12.3. The molecule has 0 saturated carbocycles. The number of hydrogen-bond acceptors (Lipinski definition) is 6. The lowest BCUT2D eigenvalue weighted by molar-refractivity contribution is -0.304. The summed E-state index contributed by atoms with van der Waals surface area (Å²) in [5.74, 6) is -0.905. The number of esters is 2. The Kier molecular flexibility index (Phi) is 5.16. The van der Waals surface area contributed by atoms with E-state index in [1.165, 1.54) is 0 Å². The molecule has 2 aliphatic heterocycles. The van der Waals surface area contributed by atoms with E-state index in [4.69, 9.17) is 9.47 Å². The van der Waals surface area contributed by atoms with Crippen LogP contribution in [0.15, 0.2) is 47.6 Å². The average molecular weight is 360 g/mol. The van der Waals surface area contributed by atoms with E-state index in [1.807, 2.05) is 19.1 Å². The molecule has 0 radical (unpaired) electrons. The van der Waals surface area contributed by atoms with Gasteiger partial charge in [0.05, 0.1) is 0 Å². The van der Waals surface area contributed by atoms with Crippen LogP contribution in [-0.4, -0.2) is 35.0 Å². The summed E-state index contributed by atoms with van der Waals surface area (Å²) in [7, 11) is 0. The highest BCUT2D eigenvalue weighted by Gasteiger charge is 2.39. The first-order valence-corrected chi connectivity index (χ1v) is 8.80. The molecule has 1 saturated heterocycles. The zero-order chi connectivity index (χ0) is 18.9. The quantitative estimate of drug-likeness (QED) is 0.254. The summed E-state index contributed by atoms with van der Waals surface area (Å²) < 4.78 is 10.8. The summed E-state index contributed by atoms with van der Waals surface area (Å²) in [6.07, 6.45) is 8.54. The van der Waals surface area contributed by atoms with Crippen molar-refractivity contribution in [2.45, 2.75) is 57.3 Å². The highest BCUT2D eigenvalue weighted by Crippen LogP contribution is 2.35. The number of allylic oxidation sites excluding steroid dienone is 1. The molecule has 0 unspecified atom stereocenters. The normalized spacial score (nSPS) is 38.4. The first kappa shape index (κ1) is 18.6. The van der Waals surface area contributed by atoms with Crippen LogP contribution in [0.2, 0.25) is 0 Å². The molecule has 1 N–H and O–H groups in total. The number of carbonyl (C=O) groups excluding carboxylic acids is 2. The fourth-order valence-corrected chi connectivity index (χ4v) is 3.61. The molecule has 26 heavy (non-hydrogen) atoms. The molecule has 1 fully saturated rings. The van der Waals surface area contributed by atoms with Crippen molar-refractivity contribution in [3.63, 3.8) is 0 Å². The van der Waals surface area contributed by atoms with E-state index >= 15 is 0 Å². The molecule has 0 aromatic heterocycles. The van der Waals surface area contributed by atoms with E-state index < -0.39 is 17.7 Å². The fourth-order valence-electron chi connectivity index (χ4n) is 3.61. The monoisotopic (exact) mass is 360 g/mol. The number of carbonyl (C=O) groups is 2. The lowest BCUT2D eigenvalue weighted by atomic mass is 9.86. The topological polar surface area (TPSA) is 82.1 Å². The lowest BCUT2D eigenvalue weighted by Crippen LogP contribution is -2.27. The van der Waals surface area contributed by atoms with E-state index in [-0.39, 0.29) is 18.0 Å². The average Bonchev–Trinajstić information content (AvgIpc) is 3.05.